The predicted molar refractivity (Wildman–Crippen MR) is 96.6 cm³/mol. The quantitative estimate of drug-likeness (QED) is 0.576. The summed E-state index contributed by atoms with van der Waals surface area (Å²) >= 11 is 1.52. The van der Waals surface area contributed by atoms with Crippen LogP contribution in [0.1, 0.15) is 17.4 Å². The topological polar surface area (TPSA) is 73.8 Å². The van der Waals surface area contributed by atoms with Crippen LogP contribution >= 0.6 is 11.3 Å². The molecular formula is C18H14N4OS. The van der Waals surface area contributed by atoms with Gasteiger partial charge in [-0.25, -0.2) is 9.67 Å². The van der Waals surface area contributed by atoms with Crippen LogP contribution in [0.15, 0.2) is 54.6 Å². The Bertz CT molecular complexity index is 1020. The molecule has 0 fully saturated rings. The number of aromatic nitrogens is 3. The zero-order valence-corrected chi connectivity index (χ0v) is 13.7. The average Bonchev–Trinajstić information content (AvgIpc) is 3.16. The second-order valence-corrected chi connectivity index (χ2v) is 6.43. The van der Waals surface area contributed by atoms with Gasteiger partial charge in [0.1, 0.15) is 16.4 Å². The molecule has 0 aliphatic rings. The third kappa shape index (κ3) is 2.28. The maximum atomic E-state index is 12.1. The molecule has 118 valence electrons. The van der Waals surface area contributed by atoms with Crippen molar-refractivity contribution in [3.8, 4) is 16.4 Å². The van der Waals surface area contributed by atoms with Gasteiger partial charge in [0, 0.05) is 6.92 Å². The fraction of sp³-hybridized carbons (Fsp3) is 0.0556. The molecule has 0 bridgehead atoms. The second kappa shape index (κ2) is 5.58. The Hall–Kier alpha value is -2.99. The lowest BCUT2D eigenvalue weighted by Crippen LogP contribution is -2.07. The minimum atomic E-state index is -0.129. The van der Waals surface area contributed by atoms with E-state index in [9.17, 15) is 4.79 Å². The molecule has 0 radical (unpaired) electrons. The summed E-state index contributed by atoms with van der Waals surface area (Å²) in [5.74, 6) is -0.129. The van der Waals surface area contributed by atoms with Crippen molar-refractivity contribution in [1.82, 2.24) is 14.8 Å². The van der Waals surface area contributed by atoms with Crippen LogP contribution in [0, 0.1) is 0 Å². The monoisotopic (exact) mass is 334 g/mol. The first-order chi connectivity index (χ1) is 11.6. The molecule has 5 nitrogen and oxygen atoms in total. The summed E-state index contributed by atoms with van der Waals surface area (Å²) in [6.07, 6.45) is 0. The molecule has 2 heterocycles. The molecule has 0 spiro atoms. The molecular weight excluding hydrogens is 320 g/mol. The van der Waals surface area contributed by atoms with E-state index in [0.717, 1.165) is 15.9 Å². The van der Waals surface area contributed by atoms with Crippen molar-refractivity contribution in [2.75, 3.05) is 5.73 Å². The van der Waals surface area contributed by atoms with Gasteiger partial charge in [0.2, 0.25) is 0 Å². The first kappa shape index (κ1) is 14.6. The van der Waals surface area contributed by atoms with E-state index in [4.69, 9.17) is 5.73 Å². The van der Waals surface area contributed by atoms with Crippen LogP contribution in [-0.4, -0.2) is 20.5 Å². The molecule has 2 N–H and O–H groups in total. The van der Waals surface area contributed by atoms with Crippen LogP contribution < -0.4 is 5.73 Å². The Morgan fingerprint density at radius 3 is 2.50 bits per heavy atom. The van der Waals surface area contributed by atoms with E-state index >= 15 is 0 Å². The number of nitrogen functional groups attached to an aromatic ring is 1. The largest absolute Gasteiger partial charge is 0.395 e. The summed E-state index contributed by atoms with van der Waals surface area (Å²) in [6.45, 7) is 1.49. The van der Waals surface area contributed by atoms with Crippen LogP contribution in [0.4, 0.5) is 5.69 Å². The SMILES string of the molecule is CC(=O)c1c(N)c(-c2nc3ccccc3s2)nn1-c1ccccc1. The van der Waals surface area contributed by atoms with Gasteiger partial charge in [-0.3, -0.25) is 4.79 Å². The Morgan fingerprint density at radius 2 is 1.79 bits per heavy atom. The first-order valence-electron chi connectivity index (χ1n) is 7.46. The number of thiazole rings is 1. The lowest BCUT2D eigenvalue weighted by Gasteiger charge is -2.04. The maximum absolute atomic E-state index is 12.1. The second-order valence-electron chi connectivity index (χ2n) is 5.40. The molecule has 0 saturated carbocycles. The number of nitrogens with two attached hydrogens (primary N) is 1. The molecule has 4 aromatic rings. The van der Waals surface area contributed by atoms with Gasteiger partial charge >= 0.3 is 0 Å². The molecule has 2 aromatic heterocycles. The molecule has 0 unspecified atom stereocenters. The molecule has 0 saturated heterocycles. The number of hydrogen-bond donors (Lipinski definition) is 1. The predicted octanol–water partition coefficient (Wildman–Crippen LogP) is 3.93. The third-order valence-corrected chi connectivity index (χ3v) is 4.80. The smallest absolute Gasteiger partial charge is 0.180 e. The summed E-state index contributed by atoms with van der Waals surface area (Å²) in [7, 11) is 0. The zero-order chi connectivity index (χ0) is 16.7. The molecule has 2 aromatic carbocycles. The number of nitrogens with zero attached hydrogens (tertiary/aromatic N) is 3. The van der Waals surface area contributed by atoms with Gasteiger partial charge in [-0.05, 0) is 24.3 Å². The van der Waals surface area contributed by atoms with Crippen LogP contribution in [0.25, 0.3) is 26.6 Å². The van der Waals surface area contributed by atoms with Crippen molar-refractivity contribution in [2.45, 2.75) is 6.92 Å². The number of Topliss-reactive ketones (excluding diaryl/α,β-unsaturated/α-hetero) is 1. The lowest BCUT2D eigenvalue weighted by atomic mass is 10.2. The standard InChI is InChI=1S/C18H14N4OS/c1-11(23)17-15(19)16(21-22(17)12-7-3-2-4-8-12)18-20-13-9-5-6-10-14(13)24-18/h2-10H,19H2,1H3. The first-order valence-corrected chi connectivity index (χ1v) is 8.27. The van der Waals surface area contributed by atoms with Crippen molar-refractivity contribution in [2.24, 2.45) is 0 Å². The minimum absolute atomic E-state index is 0.129. The summed E-state index contributed by atoms with van der Waals surface area (Å²) in [5, 5.41) is 5.30. The Labute approximate surface area is 142 Å². The van der Waals surface area contributed by atoms with Gasteiger partial charge in [0.25, 0.3) is 0 Å². The van der Waals surface area contributed by atoms with E-state index in [1.165, 1.54) is 18.3 Å². The Kier molecular flexibility index (Phi) is 3.39. The van der Waals surface area contributed by atoms with Gasteiger partial charge in [-0.1, -0.05) is 30.3 Å². The number of anilines is 1. The summed E-state index contributed by atoms with van der Waals surface area (Å²) < 4.78 is 2.66. The van der Waals surface area contributed by atoms with Crippen LogP contribution in [0.3, 0.4) is 0 Å². The van der Waals surface area contributed by atoms with Gasteiger partial charge in [-0.15, -0.1) is 11.3 Å². The summed E-state index contributed by atoms with van der Waals surface area (Å²) in [4.78, 5) is 16.7. The van der Waals surface area contributed by atoms with Gasteiger partial charge < -0.3 is 5.73 Å². The van der Waals surface area contributed by atoms with Crippen molar-refractivity contribution in [3.05, 3.63) is 60.3 Å². The number of rotatable bonds is 3. The number of hydrogen-bond acceptors (Lipinski definition) is 5. The van der Waals surface area contributed by atoms with Crippen LogP contribution in [0.5, 0.6) is 0 Å². The van der Waals surface area contributed by atoms with Gasteiger partial charge in [0.05, 0.1) is 21.6 Å². The highest BCUT2D eigenvalue weighted by Gasteiger charge is 2.23. The fourth-order valence-corrected chi connectivity index (χ4v) is 3.62. The fourth-order valence-electron chi connectivity index (χ4n) is 2.66. The molecule has 0 atom stereocenters. The van der Waals surface area contributed by atoms with E-state index < -0.39 is 0 Å². The molecule has 24 heavy (non-hydrogen) atoms. The van der Waals surface area contributed by atoms with E-state index in [0.29, 0.717) is 22.1 Å². The number of benzene rings is 2. The van der Waals surface area contributed by atoms with Crippen LogP contribution in [0.2, 0.25) is 0 Å². The van der Waals surface area contributed by atoms with E-state index in [1.54, 1.807) is 4.68 Å². The number of para-hydroxylation sites is 2. The van der Waals surface area contributed by atoms with Gasteiger partial charge in [-0.2, -0.15) is 5.10 Å². The highest BCUT2D eigenvalue weighted by molar-refractivity contribution is 7.21. The Morgan fingerprint density at radius 1 is 1.08 bits per heavy atom. The van der Waals surface area contributed by atoms with Crippen molar-refractivity contribution >= 4 is 33.0 Å². The molecule has 0 amide bonds. The summed E-state index contributed by atoms with van der Waals surface area (Å²) in [6, 6.07) is 17.4. The lowest BCUT2D eigenvalue weighted by molar-refractivity contribution is 0.101. The van der Waals surface area contributed by atoms with Crippen molar-refractivity contribution < 1.29 is 4.79 Å². The maximum Gasteiger partial charge on any atom is 0.180 e. The average molecular weight is 334 g/mol. The highest BCUT2D eigenvalue weighted by atomic mass is 32.1. The number of ketones is 1. The highest BCUT2D eigenvalue weighted by Crippen LogP contribution is 2.35. The van der Waals surface area contributed by atoms with Crippen LogP contribution in [-0.2, 0) is 0 Å². The Balaban J connectivity index is 1.95. The van der Waals surface area contributed by atoms with E-state index in [2.05, 4.69) is 10.1 Å². The molecule has 4 rings (SSSR count). The van der Waals surface area contributed by atoms with E-state index in [1.807, 2.05) is 54.6 Å². The molecule has 0 aliphatic carbocycles. The van der Waals surface area contributed by atoms with E-state index in [-0.39, 0.29) is 5.78 Å². The normalized spacial score (nSPS) is 11.0. The number of carbonyl (C=O) groups is 1. The van der Waals surface area contributed by atoms with Crippen molar-refractivity contribution in [3.63, 3.8) is 0 Å². The summed E-state index contributed by atoms with van der Waals surface area (Å²) in [5.41, 5.74) is 9.25. The van der Waals surface area contributed by atoms with Crippen molar-refractivity contribution in [1.29, 1.82) is 0 Å². The number of carbonyl (C=O) groups excluding carboxylic acids is 1. The zero-order valence-electron chi connectivity index (χ0n) is 12.9. The minimum Gasteiger partial charge on any atom is -0.395 e. The number of fused-ring (bicyclic) bond motifs is 1. The van der Waals surface area contributed by atoms with Gasteiger partial charge in [0.15, 0.2) is 5.78 Å². The molecule has 0 aliphatic heterocycles. The third-order valence-electron chi connectivity index (χ3n) is 3.75. The molecule has 6 heteroatoms.